The molecule has 1 N–H and O–H groups in total. The van der Waals surface area contributed by atoms with Gasteiger partial charge < -0.3 is 10.1 Å². The van der Waals surface area contributed by atoms with Crippen LogP contribution in [0.4, 0.5) is 5.69 Å². The summed E-state index contributed by atoms with van der Waals surface area (Å²) in [5, 5.41) is 3.43. The first-order valence-electron chi connectivity index (χ1n) is 5.86. The van der Waals surface area contributed by atoms with Crippen LogP contribution < -0.4 is 5.32 Å². The van der Waals surface area contributed by atoms with E-state index in [0.717, 1.165) is 0 Å². The summed E-state index contributed by atoms with van der Waals surface area (Å²) in [4.78, 5) is 22.9. The van der Waals surface area contributed by atoms with E-state index in [1.165, 1.54) is 18.9 Å². The first-order valence-corrected chi connectivity index (χ1v) is 7.66. The van der Waals surface area contributed by atoms with Crippen molar-refractivity contribution in [1.29, 1.82) is 0 Å². The fourth-order valence-corrected chi connectivity index (χ4v) is 2.64. The fourth-order valence-electron chi connectivity index (χ4n) is 1.39. The number of hydrogen-bond acceptors (Lipinski definition) is 4. The molecule has 0 bridgehead atoms. The number of methoxy groups -OCH3 is 1. The molecule has 0 aliphatic heterocycles. The van der Waals surface area contributed by atoms with Crippen LogP contribution in [0.3, 0.4) is 0 Å². The lowest BCUT2D eigenvalue weighted by molar-refractivity contribution is -0.140. The van der Waals surface area contributed by atoms with Gasteiger partial charge in [-0.3, -0.25) is 9.59 Å². The van der Waals surface area contributed by atoms with Crippen molar-refractivity contribution in [3.05, 3.63) is 28.2 Å². The number of carbonyl (C=O) groups is 2. The van der Waals surface area contributed by atoms with Gasteiger partial charge >= 0.3 is 5.97 Å². The van der Waals surface area contributed by atoms with Gasteiger partial charge in [0, 0.05) is 5.25 Å². The molecule has 1 aromatic carbocycles. The molecule has 7 heteroatoms. The normalized spacial score (nSPS) is 11.8. The van der Waals surface area contributed by atoms with Crippen LogP contribution in [0.25, 0.3) is 0 Å². The largest absolute Gasteiger partial charge is 0.469 e. The minimum Gasteiger partial charge on any atom is -0.469 e. The molecule has 1 atom stereocenters. The maximum Gasteiger partial charge on any atom is 0.306 e. The van der Waals surface area contributed by atoms with Gasteiger partial charge in [-0.05, 0) is 12.1 Å². The third-order valence-corrected chi connectivity index (χ3v) is 4.20. The van der Waals surface area contributed by atoms with Crippen LogP contribution in [-0.4, -0.2) is 30.0 Å². The Kier molecular flexibility index (Phi) is 7.19. The molecule has 0 heterocycles. The van der Waals surface area contributed by atoms with E-state index in [0.29, 0.717) is 15.7 Å². The summed E-state index contributed by atoms with van der Waals surface area (Å²) in [6, 6.07) is 5.00. The van der Waals surface area contributed by atoms with E-state index >= 15 is 0 Å². The number of amides is 1. The minimum absolute atomic E-state index is 0.00471. The third-order valence-electron chi connectivity index (χ3n) is 2.41. The Balaban J connectivity index is 2.46. The lowest BCUT2D eigenvalue weighted by Gasteiger charge is -2.11. The second kappa shape index (κ2) is 8.39. The van der Waals surface area contributed by atoms with Crippen LogP contribution in [0.1, 0.15) is 13.3 Å². The molecule has 0 spiro atoms. The number of ether oxygens (including phenoxy) is 1. The average molecular weight is 336 g/mol. The van der Waals surface area contributed by atoms with E-state index in [4.69, 9.17) is 23.2 Å². The second-order valence-electron chi connectivity index (χ2n) is 4.05. The molecular weight excluding hydrogens is 321 g/mol. The second-order valence-corrected chi connectivity index (χ2v) is 6.29. The molecule has 0 fully saturated rings. The van der Waals surface area contributed by atoms with Crippen molar-refractivity contribution < 1.29 is 14.3 Å². The highest BCUT2D eigenvalue weighted by Gasteiger charge is 2.13. The number of nitrogens with one attached hydrogen (secondary N) is 1. The Bertz CT molecular complexity index is 476. The first-order chi connectivity index (χ1) is 9.43. The van der Waals surface area contributed by atoms with E-state index in [-0.39, 0.29) is 29.3 Å². The molecule has 20 heavy (non-hydrogen) atoms. The van der Waals surface area contributed by atoms with Gasteiger partial charge in [0.25, 0.3) is 0 Å². The standard InChI is InChI=1S/C13H15Cl2NO3S/c1-8(6-12(18)19-2)20-7-11(17)16-13-9(14)4-3-5-10(13)15/h3-5,8H,6-7H2,1-2H3,(H,16,17). The number of anilines is 1. The lowest BCUT2D eigenvalue weighted by Crippen LogP contribution is -2.17. The van der Waals surface area contributed by atoms with Gasteiger partial charge in [0.1, 0.15) is 0 Å². The molecule has 0 saturated carbocycles. The molecule has 0 aliphatic carbocycles. The van der Waals surface area contributed by atoms with E-state index in [1.807, 2.05) is 6.92 Å². The predicted molar refractivity (Wildman–Crippen MR) is 83.6 cm³/mol. The Morgan fingerprint density at radius 1 is 1.35 bits per heavy atom. The van der Waals surface area contributed by atoms with Crippen LogP contribution in [0.5, 0.6) is 0 Å². The van der Waals surface area contributed by atoms with Crippen molar-refractivity contribution in [3.8, 4) is 0 Å². The number of rotatable bonds is 6. The van der Waals surface area contributed by atoms with E-state index in [9.17, 15) is 9.59 Å². The fraction of sp³-hybridized carbons (Fsp3) is 0.385. The highest BCUT2D eigenvalue weighted by Crippen LogP contribution is 2.30. The summed E-state index contributed by atoms with van der Waals surface area (Å²) in [6.07, 6.45) is 0.265. The molecule has 1 rings (SSSR count). The van der Waals surface area contributed by atoms with Crippen LogP contribution in [0.2, 0.25) is 10.0 Å². The van der Waals surface area contributed by atoms with Gasteiger partial charge in [-0.15, -0.1) is 11.8 Å². The maximum atomic E-state index is 11.8. The van der Waals surface area contributed by atoms with Gasteiger partial charge in [-0.25, -0.2) is 0 Å². The summed E-state index contributed by atoms with van der Waals surface area (Å²) in [5.74, 6) is -0.305. The summed E-state index contributed by atoms with van der Waals surface area (Å²) in [5.41, 5.74) is 0.405. The smallest absolute Gasteiger partial charge is 0.306 e. The summed E-state index contributed by atoms with van der Waals surface area (Å²) < 4.78 is 4.57. The summed E-state index contributed by atoms with van der Waals surface area (Å²) >= 11 is 13.3. The number of benzene rings is 1. The van der Waals surface area contributed by atoms with Crippen LogP contribution in [-0.2, 0) is 14.3 Å². The molecular formula is C13H15Cl2NO3S. The van der Waals surface area contributed by atoms with Crippen LogP contribution in [0, 0.1) is 0 Å². The van der Waals surface area contributed by atoms with Crippen molar-refractivity contribution in [2.24, 2.45) is 0 Å². The Morgan fingerprint density at radius 2 is 1.95 bits per heavy atom. The maximum absolute atomic E-state index is 11.8. The summed E-state index contributed by atoms with van der Waals surface area (Å²) in [7, 11) is 1.34. The zero-order valence-electron chi connectivity index (χ0n) is 11.1. The van der Waals surface area contributed by atoms with E-state index in [1.54, 1.807) is 18.2 Å². The molecule has 1 amide bonds. The molecule has 0 aliphatic rings. The monoisotopic (exact) mass is 335 g/mol. The SMILES string of the molecule is COC(=O)CC(C)SCC(=O)Nc1c(Cl)cccc1Cl. The molecule has 0 saturated heterocycles. The van der Waals surface area contributed by atoms with Gasteiger partial charge in [0.05, 0.1) is 35.0 Å². The minimum atomic E-state index is -0.292. The molecule has 0 radical (unpaired) electrons. The van der Waals surface area contributed by atoms with E-state index in [2.05, 4.69) is 10.1 Å². The number of esters is 1. The predicted octanol–water partition coefficient (Wildman–Crippen LogP) is 3.62. The first kappa shape index (κ1) is 17.1. The van der Waals surface area contributed by atoms with Crippen molar-refractivity contribution in [2.45, 2.75) is 18.6 Å². The Hall–Kier alpha value is -0.910. The van der Waals surface area contributed by atoms with Crippen LogP contribution >= 0.6 is 35.0 Å². The number of halogens is 2. The highest BCUT2D eigenvalue weighted by molar-refractivity contribution is 8.00. The Labute approximate surface area is 132 Å². The van der Waals surface area contributed by atoms with Crippen molar-refractivity contribution >= 4 is 52.5 Å². The van der Waals surface area contributed by atoms with Crippen molar-refractivity contribution in [1.82, 2.24) is 0 Å². The van der Waals surface area contributed by atoms with Gasteiger partial charge in [0.2, 0.25) is 5.91 Å². The van der Waals surface area contributed by atoms with E-state index < -0.39 is 0 Å². The van der Waals surface area contributed by atoms with Gasteiger partial charge in [-0.2, -0.15) is 0 Å². The number of para-hydroxylation sites is 1. The van der Waals surface area contributed by atoms with Crippen molar-refractivity contribution in [2.75, 3.05) is 18.2 Å². The Morgan fingerprint density at radius 3 is 2.50 bits per heavy atom. The molecule has 4 nitrogen and oxygen atoms in total. The van der Waals surface area contributed by atoms with Crippen molar-refractivity contribution in [3.63, 3.8) is 0 Å². The molecule has 1 aromatic rings. The third kappa shape index (κ3) is 5.61. The quantitative estimate of drug-likeness (QED) is 0.806. The number of hydrogen-bond donors (Lipinski definition) is 1. The highest BCUT2D eigenvalue weighted by atomic mass is 35.5. The van der Waals surface area contributed by atoms with Crippen LogP contribution in [0.15, 0.2) is 18.2 Å². The number of carbonyl (C=O) groups excluding carboxylic acids is 2. The zero-order chi connectivity index (χ0) is 15.1. The van der Waals surface area contributed by atoms with Gasteiger partial charge in [0.15, 0.2) is 0 Å². The molecule has 1 unspecified atom stereocenters. The molecule has 110 valence electrons. The zero-order valence-corrected chi connectivity index (χ0v) is 13.4. The number of thioether (sulfide) groups is 1. The topological polar surface area (TPSA) is 55.4 Å². The summed E-state index contributed by atoms with van der Waals surface area (Å²) in [6.45, 7) is 1.86. The van der Waals surface area contributed by atoms with Gasteiger partial charge in [-0.1, -0.05) is 36.2 Å². The molecule has 0 aromatic heterocycles. The average Bonchev–Trinajstić information content (AvgIpc) is 2.40. The lowest BCUT2D eigenvalue weighted by atomic mass is 10.3.